The topological polar surface area (TPSA) is 40.5 Å². The van der Waals surface area contributed by atoms with Crippen LogP contribution in [-0.2, 0) is 0 Å². The average molecular weight is 337 g/mol. The number of rotatable bonds is 15. The van der Waals surface area contributed by atoms with Gasteiger partial charge in [0.15, 0.2) is 0 Å². The molecule has 0 saturated heterocycles. The van der Waals surface area contributed by atoms with E-state index in [1.54, 1.807) is 0 Å². The van der Waals surface area contributed by atoms with Crippen molar-refractivity contribution in [2.24, 2.45) is 11.8 Å². The molecule has 24 heavy (non-hydrogen) atoms. The lowest BCUT2D eigenvalue weighted by Crippen LogP contribution is -2.23. The third-order valence-electron chi connectivity index (χ3n) is 5.37. The normalized spacial score (nSPS) is 22.3. The second-order valence-electron chi connectivity index (χ2n) is 7.47. The van der Waals surface area contributed by atoms with Gasteiger partial charge in [0, 0.05) is 6.61 Å². The molecule has 1 aliphatic rings. The summed E-state index contributed by atoms with van der Waals surface area (Å²) in [7, 11) is 0. The lowest BCUT2D eigenvalue weighted by Gasteiger charge is -2.34. The molecule has 3 atom stereocenters. The van der Waals surface area contributed by atoms with Gasteiger partial charge in [0.25, 0.3) is 0 Å². The molecule has 0 aliphatic heterocycles. The molecule has 3 unspecified atom stereocenters. The molecule has 1 rings (SSSR count). The summed E-state index contributed by atoms with van der Waals surface area (Å²) < 4.78 is 0. The predicted octanol–water partition coefficient (Wildman–Crippen LogP) is 5.79. The Balaban J connectivity index is 2.05. The van der Waals surface area contributed by atoms with Gasteiger partial charge < -0.3 is 10.2 Å². The molecule has 0 spiro atoms. The SMILES string of the molecule is CCCCCCCCC(O)/C=C/C=CC1CCC1CCCCCO. The molecule has 0 radical (unpaired) electrons. The lowest BCUT2D eigenvalue weighted by molar-refractivity contribution is 0.203. The van der Waals surface area contributed by atoms with Crippen molar-refractivity contribution in [3.63, 3.8) is 0 Å². The lowest BCUT2D eigenvalue weighted by atomic mass is 9.71. The van der Waals surface area contributed by atoms with E-state index in [1.165, 1.54) is 57.8 Å². The molecule has 1 fully saturated rings. The van der Waals surface area contributed by atoms with Crippen molar-refractivity contribution in [3.8, 4) is 0 Å². The summed E-state index contributed by atoms with van der Waals surface area (Å²) in [5.74, 6) is 1.58. The first-order chi connectivity index (χ1) is 11.8. The van der Waals surface area contributed by atoms with Crippen LogP contribution in [0, 0.1) is 11.8 Å². The van der Waals surface area contributed by atoms with E-state index < -0.39 is 0 Å². The van der Waals surface area contributed by atoms with Crippen LogP contribution in [0.5, 0.6) is 0 Å². The highest BCUT2D eigenvalue weighted by atomic mass is 16.3. The molecule has 0 bridgehead atoms. The van der Waals surface area contributed by atoms with Gasteiger partial charge in [0.1, 0.15) is 0 Å². The van der Waals surface area contributed by atoms with Gasteiger partial charge >= 0.3 is 0 Å². The van der Waals surface area contributed by atoms with Gasteiger partial charge in [-0.3, -0.25) is 0 Å². The van der Waals surface area contributed by atoms with E-state index in [0.29, 0.717) is 6.61 Å². The Morgan fingerprint density at radius 1 is 0.917 bits per heavy atom. The zero-order chi connectivity index (χ0) is 17.5. The minimum Gasteiger partial charge on any atom is -0.396 e. The third-order valence-corrected chi connectivity index (χ3v) is 5.37. The van der Waals surface area contributed by atoms with Gasteiger partial charge in [-0.1, -0.05) is 82.6 Å². The molecule has 2 N–H and O–H groups in total. The summed E-state index contributed by atoms with van der Waals surface area (Å²) in [5, 5.41) is 18.8. The average Bonchev–Trinajstić information content (AvgIpc) is 2.56. The van der Waals surface area contributed by atoms with Gasteiger partial charge in [-0.25, -0.2) is 0 Å². The Hall–Kier alpha value is -0.600. The van der Waals surface area contributed by atoms with Crippen LogP contribution in [0.2, 0.25) is 0 Å². The number of allylic oxidation sites excluding steroid dienone is 3. The van der Waals surface area contributed by atoms with Crippen LogP contribution in [0.15, 0.2) is 24.3 Å². The minimum absolute atomic E-state index is 0.281. The van der Waals surface area contributed by atoms with E-state index in [-0.39, 0.29) is 6.10 Å². The predicted molar refractivity (Wildman–Crippen MR) is 104 cm³/mol. The van der Waals surface area contributed by atoms with Gasteiger partial charge in [-0.05, 0) is 43.9 Å². The monoisotopic (exact) mass is 336 g/mol. The van der Waals surface area contributed by atoms with Crippen molar-refractivity contribution >= 4 is 0 Å². The Kier molecular flexibility index (Phi) is 13.2. The summed E-state index contributed by atoms with van der Waals surface area (Å²) in [5.41, 5.74) is 0. The molecule has 2 nitrogen and oxygen atoms in total. The summed E-state index contributed by atoms with van der Waals surface area (Å²) >= 11 is 0. The van der Waals surface area contributed by atoms with E-state index in [1.807, 2.05) is 12.2 Å². The summed E-state index contributed by atoms with van der Waals surface area (Å²) in [6.45, 7) is 2.57. The molecule has 140 valence electrons. The minimum atomic E-state index is -0.281. The Morgan fingerprint density at radius 2 is 1.67 bits per heavy atom. The maximum absolute atomic E-state index is 9.97. The van der Waals surface area contributed by atoms with Crippen molar-refractivity contribution in [1.82, 2.24) is 0 Å². The largest absolute Gasteiger partial charge is 0.396 e. The van der Waals surface area contributed by atoms with Crippen LogP contribution in [-0.4, -0.2) is 22.9 Å². The zero-order valence-electron chi connectivity index (χ0n) is 15.8. The molecule has 0 amide bonds. The van der Waals surface area contributed by atoms with E-state index >= 15 is 0 Å². The van der Waals surface area contributed by atoms with Gasteiger partial charge in [-0.2, -0.15) is 0 Å². The van der Waals surface area contributed by atoms with Crippen LogP contribution < -0.4 is 0 Å². The highest BCUT2D eigenvalue weighted by molar-refractivity contribution is 5.08. The number of hydrogen-bond donors (Lipinski definition) is 2. The van der Waals surface area contributed by atoms with Crippen molar-refractivity contribution in [1.29, 1.82) is 0 Å². The van der Waals surface area contributed by atoms with Crippen molar-refractivity contribution in [3.05, 3.63) is 24.3 Å². The van der Waals surface area contributed by atoms with Crippen molar-refractivity contribution in [2.45, 2.75) is 96.5 Å². The first-order valence-corrected chi connectivity index (χ1v) is 10.4. The number of unbranched alkanes of at least 4 members (excludes halogenated alkanes) is 7. The number of aliphatic hydroxyl groups is 2. The fraction of sp³-hybridized carbons (Fsp3) is 0.818. The molecular formula is C22H40O2. The Labute approximate surface area is 150 Å². The molecule has 1 aliphatic carbocycles. The summed E-state index contributed by atoms with van der Waals surface area (Å²) in [6, 6.07) is 0. The molecule has 2 heteroatoms. The molecule has 0 aromatic heterocycles. The van der Waals surface area contributed by atoms with Gasteiger partial charge in [-0.15, -0.1) is 0 Å². The fourth-order valence-electron chi connectivity index (χ4n) is 3.53. The van der Waals surface area contributed by atoms with E-state index in [4.69, 9.17) is 5.11 Å². The van der Waals surface area contributed by atoms with Crippen LogP contribution >= 0.6 is 0 Å². The maximum atomic E-state index is 9.97. The molecule has 0 aromatic rings. The van der Waals surface area contributed by atoms with E-state index in [2.05, 4.69) is 19.1 Å². The Bertz CT molecular complexity index is 335. The van der Waals surface area contributed by atoms with Crippen LogP contribution in [0.25, 0.3) is 0 Å². The van der Waals surface area contributed by atoms with Crippen LogP contribution in [0.3, 0.4) is 0 Å². The molecule has 0 heterocycles. The quantitative estimate of drug-likeness (QED) is 0.293. The fourth-order valence-corrected chi connectivity index (χ4v) is 3.53. The highest BCUT2D eigenvalue weighted by Crippen LogP contribution is 2.38. The number of aliphatic hydroxyl groups excluding tert-OH is 2. The second kappa shape index (κ2) is 14.7. The smallest absolute Gasteiger partial charge is 0.0723 e. The standard InChI is InChI=1S/C22H40O2/c1-2-3-4-5-6-9-15-22(24)16-11-10-14-21-18-17-20(21)13-8-7-12-19-23/h10-11,14,16,20-24H,2-9,12-13,15,17-19H2,1H3/b14-10?,16-11+. The maximum Gasteiger partial charge on any atom is 0.0723 e. The van der Waals surface area contributed by atoms with E-state index in [0.717, 1.165) is 37.5 Å². The zero-order valence-corrected chi connectivity index (χ0v) is 15.8. The first kappa shape index (κ1) is 21.4. The van der Waals surface area contributed by atoms with Gasteiger partial charge in [0.05, 0.1) is 6.10 Å². The second-order valence-corrected chi connectivity index (χ2v) is 7.47. The molecular weight excluding hydrogens is 296 g/mol. The van der Waals surface area contributed by atoms with Crippen molar-refractivity contribution < 1.29 is 10.2 Å². The van der Waals surface area contributed by atoms with Gasteiger partial charge in [0.2, 0.25) is 0 Å². The Morgan fingerprint density at radius 3 is 2.38 bits per heavy atom. The number of hydrogen-bond acceptors (Lipinski definition) is 2. The van der Waals surface area contributed by atoms with Crippen LogP contribution in [0.4, 0.5) is 0 Å². The van der Waals surface area contributed by atoms with E-state index in [9.17, 15) is 5.11 Å². The van der Waals surface area contributed by atoms with Crippen molar-refractivity contribution in [2.75, 3.05) is 6.61 Å². The third kappa shape index (κ3) is 10.3. The van der Waals surface area contributed by atoms with Crippen LogP contribution in [0.1, 0.15) is 90.4 Å². The summed E-state index contributed by atoms with van der Waals surface area (Å²) in [6.07, 6.45) is 24.1. The molecule has 0 aromatic carbocycles. The summed E-state index contributed by atoms with van der Waals surface area (Å²) in [4.78, 5) is 0. The highest BCUT2D eigenvalue weighted by Gasteiger charge is 2.27. The molecule has 1 saturated carbocycles. The first-order valence-electron chi connectivity index (χ1n) is 10.4.